The van der Waals surface area contributed by atoms with E-state index < -0.39 is 17.5 Å². The summed E-state index contributed by atoms with van der Waals surface area (Å²) in [6.07, 6.45) is 10.1. The summed E-state index contributed by atoms with van der Waals surface area (Å²) in [5.74, 6) is -1.21. The van der Waals surface area contributed by atoms with E-state index in [1.54, 1.807) is 18.2 Å². The van der Waals surface area contributed by atoms with Crippen LogP contribution in [-0.2, 0) is 6.42 Å². The van der Waals surface area contributed by atoms with Gasteiger partial charge in [0, 0.05) is 0 Å². The molecule has 2 aromatic rings. The maximum absolute atomic E-state index is 15.0. The van der Waals surface area contributed by atoms with Crippen molar-refractivity contribution in [2.45, 2.75) is 102 Å². The van der Waals surface area contributed by atoms with Crippen LogP contribution in [0.25, 0.3) is 0 Å². The zero-order chi connectivity index (χ0) is 24.9. The highest BCUT2D eigenvalue weighted by atomic mass is 19.2. The summed E-state index contributed by atoms with van der Waals surface area (Å²) in [6, 6.07) is 8.20. The number of hydrogen-bond donors (Lipinski definition) is 2. The molecule has 0 radical (unpaired) electrons. The van der Waals surface area contributed by atoms with Gasteiger partial charge in [-0.3, -0.25) is 0 Å². The Balaban J connectivity index is 1.28. The highest BCUT2D eigenvalue weighted by Crippen LogP contribution is 2.41. The van der Waals surface area contributed by atoms with Gasteiger partial charge in [-0.1, -0.05) is 31.5 Å². The van der Waals surface area contributed by atoms with Crippen LogP contribution < -0.4 is 0 Å². The van der Waals surface area contributed by atoms with Gasteiger partial charge in [0.1, 0.15) is 0 Å². The lowest BCUT2D eigenvalue weighted by atomic mass is 9.75. The number of halogens is 3. The summed E-state index contributed by atoms with van der Waals surface area (Å²) in [5.41, 5.74) is 1.88. The van der Waals surface area contributed by atoms with E-state index in [4.69, 9.17) is 0 Å². The fourth-order valence-electron chi connectivity index (χ4n) is 6.38. The summed E-state index contributed by atoms with van der Waals surface area (Å²) in [7, 11) is 0. The third kappa shape index (κ3) is 6.22. The largest absolute Gasteiger partial charge is 0.505 e. The molecule has 1 unspecified atom stereocenters. The third-order valence-corrected chi connectivity index (χ3v) is 8.64. The van der Waals surface area contributed by atoms with Crippen LogP contribution in [0.5, 0.6) is 5.75 Å². The third-order valence-electron chi connectivity index (χ3n) is 8.64. The molecule has 0 aromatic heterocycles. The van der Waals surface area contributed by atoms with Crippen molar-refractivity contribution in [2.24, 2.45) is 11.8 Å². The van der Waals surface area contributed by atoms with Crippen molar-refractivity contribution in [1.29, 1.82) is 0 Å². The van der Waals surface area contributed by atoms with Crippen LogP contribution in [0.15, 0.2) is 30.3 Å². The Hall–Kier alpha value is -2.01. The zero-order valence-corrected chi connectivity index (χ0v) is 20.8. The lowest BCUT2D eigenvalue weighted by molar-refractivity contribution is 0.0727. The fourth-order valence-corrected chi connectivity index (χ4v) is 6.38. The Bertz CT molecular complexity index is 976. The maximum atomic E-state index is 15.0. The molecule has 0 amide bonds. The normalized spacial score (nSPS) is 26.0. The number of hydrogen-bond acceptors (Lipinski definition) is 2. The molecule has 2 aromatic carbocycles. The number of aliphatic hydroxyl groups excluding tert-OH is 1. The van der Waals surface area contributed by atoms with E-state index >= 15 is 4.39 Å². The van der Waals surface area contributed by atoms with Crippen molar-refractivity contribution in [1.82, 2.24) is 0 Å². The van der Waals surface area contributed by atoms with Gasteiger partial charge in [-0.05, 0) is 123 Å². The molecule has 0 bridgehead atoms. The number of rotatable bonds is 8. The van der Waals surface area contributed by atoms with Crippen molar-refractivity contribution in [3.8, 4) is 5.75 Å². The smallest absolute Gasteiger partial charge is 0.165 e. The molecule has 2 fully saturated rings. The predicted octanol–water partition coefficient (Wildman–Crippen LogP) is 8.15. The van der Waals surface area contributed by atoms with Crippen LogP contribution in [0.4, 0.5) is 13.2 Å². The van der Waals surface area contributed by atoms with Crippen LogP contribution in [-0.4, -0.2) is 16.3 Å². The van der Waals surface area contributed by atoms with Gasteiger partial charge in [0.2, 0.25) is 0 Å². The molecule has 4 rings (SSSR count). The van der Waals surface area contributed by atoms with Gasteiger partial charge < -0.3 is 10.2 Å². The second kappa shape index (κ2) is 11.8. The van der Waals surface area contributed by atoms with Crippen molar-refractivity contribution >= 4 is 0 Å². The second-order valence-corrected chi connectivity index (χ2v) is 10.9. The first kappa shape index (κ1) is 26.1. The first-order chi connectivity index (χ1) is 16.9. The number of aryl methyl sites for hydroxylation is 1. The molecule has 2 aliphatic carbocycles. The molecule has 35 heavy (non-hydrogen) atoms. The molecule has 2 aliphatic rings. The van der Waals surface area contributed by atoms with Gasteiger partial charge in [-0.15, -0.1) is 0 Å². The molecule has 0 aliphatic heterocycles. The Kier molecular flexibility index (Phi) is 8.80. The van der Waals surface area contributed by atoms with Crippen molar-refractivity contribution in [3.63, 3.8) is 0 Å². The fraction of sp³-hybridized carbons (Fsp3) is 0.600. The highest BCUT2D eigenvalue weighted by molar-refractivity contribution is 5.31. The lowest BCUT2D eigenvalue weighted by Crippen LogP contribution is -2.25. The van der Waals surface area contributed by atoms with E-state index in [-0.39, 0.29) is 29.6 Å². The molecule has 2 N–H and O–H groups in total. The van der Waals surface area contributed by atoms with Gasteiger partial charge in [0.15, 0.2) is 23.2 Å². The van der Waals surface area contributed by atoms with Gasteiger partial charge >= 0.3 is 0 Å². The van der Waals surface area contributed by atoms with Crippen LogP contribution in [0.3, 0.4) is 0 Å². The van der Waals surface area contributed by atoms with E-state index in [0.29, 0.717) is 23.5 Å². The van der Waals surface area contributed by atoms with E-state index in [1.807, 2.05) is 0 Å². The predicted molar refractivity (Wildman–Crippen MR) is 133 cm³/mol. The summed E-state index contributed by atoms with van der Waals surface area (Å²) in [5, 5.41) is 19.7. The summed E-state index contributed by atoms with van der Waals surface area (Å²) in [4.78, 5) is 0. The lowest BCUT2D eigenvalue weighted by Gasteiger charge is -2.32. The van der Waals surface area contributed by atoms with Gasteiger partial charge in [0.05, 0.1) is 6.10 Å². The topological polar surface area (TPSA) is 40.5 Å². The second-order valence-electron chi connectivity index (χ2n) is 10.9. The van der Waals surface area contributed by atoms with Gasteiger partial charge in [0.25, 0.3) is 0 Å². The minimum Gasteiger partial charge on any atom is -0.505 e. The molecule has 0 heterocycles. The first-order valence-electron chi connectivity index (χ1n) is 13.5. The van der Waals surface area contributed by atoms with E-state index in [0.717, 1.165) is 76.2 Å². The van der Waals surface area contributed by atoms with E-state index in [2.05, 4.69) is 6.92 Å². The molecule has 192 valence electrons. The highest BCUT2D eigenvalue weighted by Gasteiger charge is 2.29. The molecule has 1 atom stereocenters. The zero-order valence-electron chi connectivity index (χ0n) is 20.8. The minimum absolute atomic E-state index is 0.0311. The maximum Gasteiger partial charge on any atom is 0.165 e. The average molecular weight is 489 g/mol. The van der Waals surface area contributed by atoms with Crippen LogP contribution in [0, 0.1) is 29.3 Å². The van der Waals surface area contributed by atoms with E-state index in [9.17, 15) is 19.0 Å². The molecule has 0 spiro atoms. The number of aliphatic hydroxyl groups is 1. The monoisotopic (exact) mass is 488 g/mol. The minimum atomic E-state index is -0.691. The van der Waals surface area contributed by atoms with Crippen molar-refractivity contribution in [3.05, 3.63) is 64.5 Å². The quantitative estimate of drug-likeness (QED) is 0.394. The number of aromatic hydroxyl groups is 1. The molecule has 0 saturated heterocycles. The summed E-state index contributed by atoms with van der Waals surface area (Å²) in [6.45, 7) is 2.07. The Labute approximate surface area is 207 Å². The first-order valence-corrected chi connectivity index (χ1v) is 13.5. The summed E-state index contributed by atoms with van der Waals surface area (Å²) >= 11 is 0. The molecular formula is C30H39F3O2. The van der Waals surface area contributed by atoms with Gasteiger partial charge in [-0.25, -0.2) is 13.2 Å². The van der Waals surface area contributed by atoms with Crippen LogP contribution in [0.1, 0.15) is 106 Å². The Morgan fingerprint density at radius 3 is 2.20 bits per heavy atom. The van der Waals surface area contributed by atoms with E-state index in [1.165, 1.54) is 12.1 Å². The molecular weight excluding hydrogens is 449 g/mol. The number of benzene rings is 2. The summed E-state index contributed by atoms with van der Waals surface area (Å²) < 4.78 is 43.7. The van der Waals surface area contributed by atoms with Gasteiger partial charge in [-0.2, -0.15) is 0 Å². The number of phenolic OH excluding ortho intramolecular Hbond substituents is 1. The standard InChI is InChI=1S/C30H39F3O2/c1-2-3-27(34)22-12-10-21(11-13-22)25-16-14-23(29(32)30(25)33)9-6-19-4-7-20(8-5-19)24-15-17-28(35)26(31)18-24/h14-22,27,34-35H,2-13H2,1H3. The molecule has 2 nitrogen and oxygen atoms in total. The Morgan fingerprint density at radius 1 is 0.857 bits per heavy atom. The molecule has 2 saturated carbocycles. The van der Waals surface area contributed by atoms with Crippen LogP contribution in [0.2, 0.25) is 0 Å². The van der Waals surface area contributed by atoms with Crippen LogP contribution >= 0.6 is 0 Å². The number of phenols is 1. The van der Waals surface area contributed by atoms with Crippen molar-refractivity contribution in [2.75, 3.05) is 0 Å². The Morgan fingerprint density at radius 2 is 1.54 bits per heavy atom. The average Bonchev–Trinajstić information content (AvgIpc) is 2.87. The SMILES string of the molecule is CCCC(O)C1CCC(c2ccc(CCC3CCC(c4ccc(O)c(F)c4)CC3)c(F)c2F)CC1. The molecule has 5 heteroatoms. The van der Waals surface area contributed by atoms with Crippen molar-refractivity contribution < 1.29 is 23.4 Å².